The van der Waals surface area contributed by atoms with E-state index in [0.717, 1.165) is 25.9 Å². The van der Waals surface area contributed by atoms with Crippen LogP contribution in [-0.4, -0.2) is 54.4 Å². The molecule has 4 nitrogen and oxygen atoms in total. The van der Waals surface area contributed by atoms with Gasteiger partial charge < -0.3 is 4.52 Å². The van der Waals surface area contributed by atoms with Crippen molar-refractivity contribution in [3.05, 3.63) is 0 Å². The van der Waals surface area contributed by atoms with Gasteiger partial charge in [0.25, 0.3) is 0 Å². The van der Waals surface area contributed by atoms with Gasteiger partial charge in [-0.25, -0.2) is 9.34 Å². The minimum absolute atomic E-state index is 0.429. The van der Waals surface area contributed by atoms with Crippen molar-refractivity contribution in [1.82, 2.24) is 9.34 Å². The predicted molar refractivity (Wildman–Crippen MR) is 68.4 cm³/mol. The maximum Gasteiger partial charge on any atom is 0.345 e. The molecule has 0 aromatic carbocycles. The van der Waals surface area contributed by atoms with E-state index in [1.807, 2.05) is 4.67 Å². The molecule has 1 atom stereocenters. The number of alkyl halides is 2. The Hall–Kier alpha value is 0.690. The highest BCUT2D eigenvalue weighted by atomic mass is 35.5. The second kappa shape index (κ2) is 7.20. The number of rotatable bonds is 7. The van der Waals surface area contributed by atoms with Gasteiger partial charge in [-0.3, -0.25) is 4.57 Å². The van der Waals surface area contributed by atoms with Gasteiger partial charge in [-0.05, 0) is 12.8 Å². The first-order valence-electron chi connectivity index (χ1n) is 5.47. The fraction of sp³-hybridized carbons (Fsp3) is 1.00. The molecule has 0 radical (unpaired) electrons. The molecule has 0 N–H and O–H groups in total. The molecule has 0 aromatic rings. The molecule has 0 amide bonds. The highest BCUT2D eigenvalue weighted by Gasteiger charge is 2.38. The van der Waals surface area contributed by atoms with Gasteiger partial charge in [0.05, 0.1) is 0 Å². The normalized spacial score (nSPS) is 21.5. The van der Waals surface area contributed by atoms with E-state index in [1.54, 1.807) is 4.67 Å². The van der Waals surface area contributed by atoms with E-state index in [2.05, 4.69) is 0 Å². The van der Waals surface area contributed by atoms with Crippen molar-refractivity contribution >= 4 is 30.9 Å². The third-order valence-electron chi connectivity index (χ3n) is 2.72. The Morgan fingerprint density at radius 2 is 1.75 bits per heavy atom. The summed E-state index contributed by atoms with van der Waals surface area (Å²) in [6.45, 7) is 2.73. The zero-order chi connectivity index (χ0) is 12.0. The lowest BCUT2D eigenvalue weighted by Crippen LogP contribution is -2.33. The summed E-state index contributed by atoms with van der Waals surface area (Å²) in [4.78, 5) is 0. The molecule has 0 aliphatic carbocycles. The van der Waals surface area contributed by atoms with Crippen LogP contribution in [0, 0.1) is 0 Å². The summed E-state index contributed by atoms with van der Waals surface area (Å²) in [7, 11) is -1.40. The minimum atomic E-state index is -2.89. The molecule has 96 valence electrons. The van der Waals surface area contributed by atoms with Crippen molar-refractivity contribution in [2.75, 3.05) is 45.0 Å². The van der Waals surface area contributed by atoms with Gasteiger partial charge in [-0.1, -0.05) is 0 Å². The van der Waals surface area contributed by atoms with Crippen LogP contribution in [0.25, 0.3) is 0 Å². The highest BCUT2D eigenvalue weighted by Crippen LogP contribution is 2.54. The van der Waals surface area contributed by atoms with E-state index in [0.29, 0.717) is 24.8 Å². The molecule has 1 aliphatic rings. The summed E-state index contributed by atoms with van der Waals surface area (Å²) in [5.74, 6) is 0.857. The summed E-state index contributed by atoms with van der Waals surface area (Å²) >= 11 is 11.4. The average molecular weight is 289 g/mol. The second-order valence-electron chi connectivity index (χ2n) is 3.67. The van der Waals surface area contributed by atoms with Crippen LogP contribution in [0.2, 0.25) is 0 Å². The molecule has 1 rings (SSSR count). The summed E-state index contributed by atoms with van der Waals surface area (Å²) in [5, 5.41) is 0. The first kappa shape index (κ1) is 14.7. The molecule has 1 heterocycles. The quantitative estimate of drug-likeness (QED) is 0.533. The molecule has 0 bridgehead atoms. The van der Waals surface area contributed by atoms with Crippen molar-refractivity contribution in [2.45, 2.75) is 12.8 Å². The number of nitrogens with zero attached hydrogens (tertiary/aromatic N) is 2. The Morgan fingerprint density at radius 3 is 2.12 bits per heavy atom. The molecule has 16 heavy (non-hydrogen) atoms. The lowest BCUT2D eigenvalue weighted by atomic mass is 10.4. The summed E-state index contributed by atoms with van der Waals surface area (Å²) in [5.41, 5.74) is 0. The Bertz CT molecular complexity index is 244. The smallest absolute Gasteiger partial charge is 0.309 e. The van der Waals surface area contributed by atoms with Gasteiger partial charge in [0.2, 0.25) is 0 Å². The maximum absolute atomic E-state index is 12.8. The zero-order valence-corrected chi connectivity index (χ0v) is 12.0. The predicted octanol–water partition coefficient (Wildman–Crippen LogP) is 2.62. The first-order chi connectivity index (χ1) is 7.69. The van der Waals surface area contributed by atoms with Crippen molar-refractivity contribution in [3.63, 3.8) is 0 Å². The molecular weight excluding hydrogens is 270 g/mol. The largest absolute Gasteiger partial charge is 0.345 e. The van der Waals surface area contributed by atoms with E-state index >= 15 is 0 Å². The highest BCUT2D eigenvalue weighted by molar-refractivity contribution is 7.53. The second-order valence-corrected chi connectivity index (χ2v) is 6.90. The standard InChI is InChI=1S/C9H19Cl2N2O2P/c1-15-16(14,12-6-2-3-7-12)13(8-4-10)9-5-11/h2-9H2,1H3. The first-order valence-corrected chi connectivity index (χ1v) is 8.07. The number of halogens is 2. The summed E-state index contributed by atoms with van der Waals surface area (Å²) < 4.78 is 21.8. The Balaban J connectivity index is 2.76. The van der Waals surface area contributed by atoms with Gasteiger partial charge in [0.1, 0.15) is 0 Å². The number of hydrogen-bond donors (Lipinski definition) is 0. The third-order valence-corrected chi connectivity index (χ3v) is 5.76. The van der Waals surface area contributed by atoms with Crippen molar-refractivity contribution in [2.24, 2.45) is 0 Å². The van der Waals surface area contributed by atoms with Crippen LogP contribution >= 0.6 is 30.9 Å². The monoisotopic (exact) mass is 288 g/mol. The fourth-order valence-corrected chi connectivity index (χ4v) is 4.88. The van der Waals surface area contributed by atoms with Crippen molar-refractivity contribution in [3.8, 4) is 0 Å². The lowest BCUT2D eigenvalue weighted by molar-refractivity contribution is 0.260. The Morgan fingerprint density at radius 1 is 1.25 bits per heavy atom. The van der Waals surface area contributed by atoms with E-state index in [9.17, 15) is 4.57 Å². The van der Waals surface area contributed by atoms with E-state index < -0.39 is 7.67 Å². The Labute approximate surface area is 107 Å². The van der Waals surface area contributed by atoms with Gasteiger partial charge in [0, 0.05) is 45.0 Å². The van der Waals surface area contributed by atoms with Crippen LogP contribution in [0.5, 0.6) is 0 Å². The van der Waals surface area contributed by atoms with E-state index in [-0.39, 0.29) is 0 Å². The fourth-order valence-electron chi connectivity index (χ4n) is 1.92. The molecule has 1 unspecified atom stereocenters. The molecular formula is C9H19Cl2N2O2P. The molecule has 1 fully saturated rings. The number of hydrogen-bond acceptors (Lipinski definition) is 2. The maximum atomic E-state index is 12.8. The van der Waals surface area contributed by atoms with Crippen LogP contribution in [0.15, 0.2) is 0 Å². The summed E-state index contributed by atoms with van der Waals surface area (Å²) in [6, 6.07) is 0. The van der Waals surface area contributed by atoms with Gasteiger partial charge in [0.15, 0.2) is 0 Å². The van der Waals surface area contributed by atoms with Gasteiger partial charge >= 0.3 is 7.67 Å². The Kier molecular flexibility index (Phi) is 6.63. The zero-order valence-electron chi connectivity index (χ0n) is 9.57. The average Bonchev–Trinajstić information content (AvgIpc) is 2.81. The molecule has 7 heteroatoms. The van der Waals surface area contributed by atoms with Crippen LogP contribution < -0.4 is 0 Å². The molecule has 0 spiro atoms. The minimum Gasteiger partial charge on any atom is -0.309 e. The van der Waals surface area contributed by atoms with Crippen molar-refractivity contribution < 1.29 is 9.09 Å². The van der Waals surface area contributed by atoms with Crippen LogP contribution in [-0.2, 0) is 9.09 Å². The van der Waals surface area contributed by atoms with Crippen LogP contribution in [0.3, 0.4) is 0 Å². The van der Waals surface area contributed by atoms with Gasteiger partial charge in [-0.15, -0.1) is 23.2 Å². The molecule has 0 saturated carbocycles. The third kappa shape index (κ3) is 3.34. The van der Waals surface area contributed by atoms with Gasteiger partial charge in [-0.2, -0.15) is 0 Å². The molecule has 1 saturated heterocycles. The van der Waals surface area contributed by atoms with E-state index in [1.165, 1.54) is 7.11 Å². The summed E-state index contributed by atoms with van der Waals surface area (Å²) in [6.07, 6.45) is 2.14. The lowest BCUT2D eigenvalue weighted by Gasteiger charge is -2.34. The van der Waals surface area contributed by atoms with Crippen molar-refractivity contribution in [1.29, 1.82) is 0 Å². The van der Waals surface area contributed by atoms with Crippen LogP contribution in [0.4, 0.5) is 0 Å². The van der Waals surface area contributed by atoms with Crippen LogP contribution in [0.1, 0.15) is 12.8 Å². The SMILES string of the molecule is COP(=O)(N(CCCl)CCCl)N1CCCC1. The van der Waals surface area contributed by atoms with E-state index in [4.69, 9.17) is 27.7 Å². The topological polar surface area (TPSA) is 32.8 Å². The molecule has 1 aliphatic heterocycles. The molecule has 0 aromatic heterocycles.